The highest BCUT2D eigenvalue weighted by molar-refractivity contribution is 9.10. The molecule has 0 bridgehead atoms. The summed E-state index contributed by atoms with van der Waals surface area (Å²) >= 11 is 3.38. The van der Waals surface area contributed by atoms with Gasteiger partial charge in [-0.25, -0.2) is 0 Å². The third-order valence-electron chi connectivity index (χ3n) is 2.22. The van der Waals surface area contributed by atoms with Crippen molar-refractivity contribution < 1.29 is 4.79 Å². The van der Waals surface area contributed by atoms with Gasteiger partial charge in [0.15, 0.2) is 0 Å². The maximum atomic E-state index is 11.7. The molecular formula is C9H16BrNO. The van der Waals surface area contributed by atoms with Gasteiger partial charge in [0, 0.05) is 13.1 Å². The summed E-state index contributed by atoms with van der Waals surface area (Å²) < 4.78 is -0.392. The smallest absolute Gasteiger partial charge is 0.238 e. The summed E-state index contributed by atoms with van der Waals surface area (Å²) in [7, 11) is 0. The molecule has 1 amide bonds. The number of alkyl halides is 1. The van der Waals surface area contributed by atoms with Gasteiger partial charge >= 0.3 is 0 Å². The number of halogens is 1. The first-order chi connectivity index (χ1) is 5.41. The molecule has 1 fully saturated rings. The lowest BCUT2D eigenvalue weighted by Gasteiger charge is -2.23. The molecule has 1 unspecified atom stereocenters. The molecule has 0 aromatic heterocycles. The van der Waals surface area contributed by atoms with Gasteiger partial charge < -0.3 is 4.90 Å². The molecule has 0 N–H and O–H groups in total. The molecule has 0 saturated carbocycles. The Labute approximate surface area is 82.4 Å². The van der Waals surface area contributed by atoms with E-state index in [2.05, 4.69) is 22.9 Å². The lowest BCUT2D eigenvalue weighted by atomic mass is 10.1. The zero-order valence-corrected chi connectivity index (χ0v) is 9.52. The molecule has 12 heavy (non-hydrogen) atoms. The van der Waals surface area contributed by atoms with Gasteiger partial charge in [0.2, 0.25) is 5.91 Å². The fraction of sp³-hybridized carbons (Fsp3) is 0.889. The van der Waals surface area contributed by atoms with Crippen molar-refractivity contribution in [2.75, 3.05) is 13.1 Å². The van der Waals surface area contributed by atoms with E-state index in [-0.39, 0.29) is 5.91 Å². The molecule has 0 aliphatic carbocycles. The van der Waals surface area contributed by atoms with Crippen LogP contribution < -0.4 is 0 Å². The van der Waals surface area contributed by atoms with Crippen molar-refractivity contribution >= 4 is 21.8 Å². The average Bonchev–Trinajstić information content (AvgIpc) is 2.32. The minimum absolute atomic E-state index is 0.215. The van der Waals surface area contributed by atoms with Crippen molar-refractivity contribution in [3.05, 3.63) is 0 Å². The highest BCUT2D eigenvalue weighted by atomic mass is 79.9. The first-order valence-electron chi connectivity index (χ1n) is 4.39. The largest absolute Gasteiger partial charge is 0.341 e. The van der Waals surface area contributed by atoms with Crippen molar-refractivity contribution in [1.82, 2.24) is 4.90 Å². The normalized spacial score (nSPS) is 24.7. The summed E-state index contributed by atoms with van der Waals surface area (Å²) in [6.07, 6.45) is 1.15. The van der Waals surface area contributed by atoms with Gasteiger partial charge in [0.05, 0.1) is 4.32 Å². The van der Waals surface area contributed by atoms with Crippen molar-refractivity contribution in [2.45, 2.75) is 31.5 Å². The van der Waals surface area contributed by atoms with E-state index in [1.54, 1.807) is 0 Å². The first kappa shape index (κ1) is 10.0. The molecule has 1 aliphatic heterocycles. The Kier molecular flexibility index (Phi) is 2.81. The number of nitrogens with zero attached hydrogens (tertiary/aromatic N) is 1. The van der Waals surface area contributed by atoms with E-state index in [0.29, 0.717) is 5.92 Å². The third kappa shape index (κ3) is 2.22. The predicted octanol–water partition coefficient (Wildman–Crippen LogP) is 2.03. The molecule has 0 spiro atoms. The van der Waals surface area contributed by atoms with Gasteiger partial charge in [-0.15, -0.1) is 0 Å². The summed E-state index contributed by atoms with van der Waals surface area (Å²) in [5.74, 6) is 0.885. The molecule has 0 aromatic carbocycles. The molecule has 70 valence electrons. The molecule has 1 atom stereocenters. The fourth-order valence-corrected chi connectivity index (χ4v) is 1.75. The average molecular weight is 234 g/mol. The van der Waals surface area contributed by atoms with Gasteiger partial charge in [-0.2, -0.15) is 0 Å². The maximum Gasteiger partial charge on any atom is 0.238 e. The SMILES string of the molecule is CC1CCN(C(=O)C(C)(C)Br)C1. The van der Waals surface area contributed by atoms with E-state index in [9.17, 15) is 4.79 Å². The third-order valence-corrected chi connectivity index (χ3v) is 2.56. The number of carbonyl (C=O) groups excluding carboxylic acids is 1. The maximum absolute atomic E-state index is 11.7. The van der Waals surface area contributed by atoms with E-state index in [1.165, 1.54) is 0 Å². The lowest BCUT2D eigenvalue weighted by Crippen LogP contribution is -2.40. The van der Waals surface area contributed by atoms with Gasteiger partial charge in [-0.3, -0.25) is 4.79 Å². The fourth-order valence-electron chi connectivity index (χ4n) is 1.50. The number of rotatable bonds is 1. The van der Waals surface area contributed by atoms with E-state index >= 15 is 0 Å². The quantitative estimate of drug-likeness (QED) is 0.635. The molecule has 3 heteroatoms. The van der Waals surface area contributed by atoms with Crippen molar-refractivity contribution in [2.24, 2.45) is 5.92 Å². The highest BCUT2D eigenvalue weighted by Crippen LogP contribution is 2.24. The highest BCUT2D eigenvalue weighted by Gasteiger charge is 2.32. The Morgan fingerprint density at radius 1 is 1.58 bits per heavy atom. The Morgan fingerprint density at radius 2 is 2.17 bits per heavy atom. The molecule has 1 heterocycles. The van der Waals surface area contributed by atoms with Crippen molar-refractivity contribution in [3.63, 3.8) is 0 Å². The van der Waals surface area contributed by atoms with Crippen LogP contribution in [0.4, 0.5) is 0 Å². The number of hydrogen-bond donors (Lipinski definition) is 0. The number of hydrogen-bond acceptors (Lipinski definition) is 1. The molecule has 0 radical (unpaired) electrons. The topological polar surface area (TPSA) is 20.3 Å². The summed E-state index contributed by atoms with van der Waals surface area (Å²) in [4.78, 5) is 13.6. The van der Waals surface area contributed by atoms with E-state index in [0.717, 1.165) is 19.5 Å². The Balaban J connectivity index is 2.55. The first-order valence-corrected chi connectivity index (χ1v) is 5.19. The molecule has 1 saturated heterocycles. The molecule has 0 aromatic rings. The summed E-state index contributed by atoms with van der Waals surface area (Å²) in [6.45, 7) is 7.84. The van der Waals surface area contributed by atoms with Gasteiger partial charge in [-0.1, -0.05) is 22.9 Å². The van der Waals surface area contributed by atoms with Crippen LogP contribution in [0.3, 0.4) is 0 Å². The second kappa shape index (κ2) is 3.36. The van der Waals surface area contributed by atoms with Crippen LogP contribution in [0.5, 0.6) is 0 Å². The van der Waals surface area contributed by atoms with Gasteiger partial charge in [0.1, 0.15) is 0 Å². The molecule has 2 nitrogen and oxygen atoms in total. The Morgan fingerprint density at radius 3 is 2.50 bits per heavy atom. The van der Waals surface area contributed by atoms with Gasteiger partial charge in [-0.05, 0) is 26.2 Å². The van der Waals surface area contributed by atoms with E-state index in [4.69, 9.17) is 0 Å². The minimum Gasteiger partial charge on any atom is -0.341 e. The van der Waals surface area contributed by atoms with E-state index < -0.39 is 4.32 Å². The summed E-state index contributed by atoms with van der Waals surface area (Å²) in [5.41, 5.74) is 0. The van der Waals surface area contributed by atoms with Gasteiger partial charge in [0.25, 0.3) is 0 Å². The number of carbonyl (C=O) groups is 1. The summed E-state index contributed by atoms with van der Waals surface area (Å²) in [6, 6.07) is 0. The minimum atomic E-state index is -0.392. The number of likely N-dealkylation sites (tertiary alicyclic amines) is 1. The van der Waals surface area contributed by atoms with Crippen LogP contribution in [-0.2, 0) is 4.79 Å². The van der Waals surface area contributed by atoms with E-state index in [1.807, 2.05) is 18.7 Å². The van der Waals surface area contributed by atoms with Crippen LogP contribution in [0.2, 0.25) is 0 Å². The number of amides is 1. The molecule has 1 rings (SSSR count). The zero-order chi connectivity index (χ0) is 9.35. The van der Waals surface area contributed by atoms with Crippen LogP contribution in [-0.4, -0.2) is 28.2 Å². The van der Waals surface area contributed by atoms with Crippen LogP contribution in [0.25, 0.3) is 0 Å². The van der Waals surface area contributed by atoms with Crippen LogP contribution in [0, 0.1) is 5.92 Å². The summed E-state index contributed by atoms with van der Waals surface area (Å²) in [5, 5.41) is 0. The van der Waals surface area contributed by atoms with Crippen LogP contribution in [0.15, 0.2) is 0 Å². The zero-order valence-electron chi connectivity index (χ0n) is 7.93. The Hall–Kier alpha value is -0.0500. The molecule has 1 aliphatic rings. The predicted molar refractivity (Wildman–Crippen MR) is 53.4 cm³/mol. The second-order valence-electron chi connectivity index (χ2n) is 4.12. The standard InChI is InChI=1S/C9H16BrNO/c1-7-4-5-11(6-7)8(12)9(2,3)10/h7H,4-6H2,1-3H3. The van der Waals surface area contributed by atoms with Crippen LogP contribution in [0.1, 0.15) is 27.2 Å². The van der Waals surface area contributed by atoms with Crippen molar-refractivity contribution in [1.29, 1.82) is 0 Å². The second-order valence-corrected chi connectivity index (χ2v) is 6.10. The van der Waals surface area contributed by atoms with Crippen molar-refractivity contribution in [3.8, 4) is 0 Å². The van der Waals surface area contributed by atoms with Crippen LogP contribution >= 0.6 is 15.9 Å². The monoisotopic (exact) mass is 233 g/mol. The Bertz CT molecular complexity index is 185. The molecular weight excluding hydrogens is 218 g/mol. The lowest BCUT2D eigenvalue weighted by molar-refractivity contribution is -0.131.